The van der Waals surface area contributed by atoms with Crippen LogP contribution in [0.4, 0.5) is 8.78 Å². The zero-order valence-electron chi connectivity index (χ0n) is 18.5. The van der Waals surface area contributed by atoms with Crippen LogP contribution >= 0.6 is 0 Å². The Labute approximate surface area is 191 Å². The van der Waals surface area contributed by atoms with Crippen molar-refractivity contribution in [3.8, 4) is 17.1 Å². The molecule has 0 aliphatic carbocycles. The number of rotatable bonds is 8. The van der Waals surface area contributed by atoms with E-state index in [9.17, 15) is 8.78 Å². The lowest BCUT2D eigenvalue weighted by atomic mass is 10.1. The zero-order chi connectivity index (χ0) is 23.2. The van der Waals surface area contributed by atoms with Crippen molar-refractivity contribution in [1.29, 1.82) is 0 Å². The molecule has 0 fully saturated rings. The standard InChI is InChI=1S/C25H25F2N5O/c1-31(2)9-10-33-23-15-28-25(29-16-23)19-6-3-5-18(11-19)17-32-8-4-7-24(30-32)20-12-21(26)14-22(27)13-20/h3-8,11-16,30H,9-10,17H2,1-2H3. The summed E-state index contributed by atoms with van der Waals surface area (Å²) in [4.78, 5) is 10.9. The predicted octanol–water partition coefficient (Wildman–Crippen LogP) is 4.24. The van der Waals surface area contributed by atoms with Crippen molar-refractivity contribution < 1.29 is 13.5 Å². The molecular formula is C25H25F2N5O. The van der Waals surface area contributed by atoms with Gasteiger partial charge in [-0.05, 0) is 50.0 Å². The molecule has 0 amide bonds. The van der Waals surface area contributed by atoms with E-state index in [2.05, 4.69) is 15.4 Å². The highest BCUT2D eigenvalue weighted by Gasteiger charge is 2.12. The Kier molecular flexibility index (Phi) is 6.95. The van der Waals surface area contributed by atoms with Gasteiger partial charge in [0.25, 0.3) is 0 Å². The number of ether oxygens (including phenoxy) is 1. The molecule has 1 aliphatic rings. The first-order chi connectivity index (χ1) is 16.0. The maximum atomic E-state index is 13.6. The summed E-state index contributed by atoms with van der Waals surface area (Å²) in [7, 11) is 3.98. The van der Waals surface area contributed by atoms with Gasteiger partial charge in [-0.2, -0.15) is 0 Å². The number of benzene rings is 2. The van der Waals surface area contributed by atoms with E-state index in [-0.39, 0.29) is 0 Å². The number of hydrogen-bond donors (Lipinski definition) is 1. The summed E-state index contributed by atoms with van der Waals surface area (Å²) in [6, 6.07) is 11.4. The molecule has 4 rings (SSSR count). The van der Waals surface area contributed by atoms with Gasteiger partial charge in [0, 0.05) is 29.9 Å². The third kappa shape index (κ3) is 6.14. The Bertz CT molecular complexity index is 1140. The molecule has 3 aromatic rings. The van der Waals surface area contributed by atoms with Gasteiger partial charge in [-0.25, -0.2) is 18.7 Å². The molecule has 0 radical (unpaired) electrons. The SMILES string of the molecule is CN(C)CCOc1cnc(-c2cccc(CN3C=CC=C(c4cc(F)cc(F)c4)N3)c2)nc1. The Balaban J connectivity index is 1.41. The van der Waals surface area contributed by atoms with E-state index >= 15 is 0 Å². The van der Waals surface area contributed by atoms with Gasteiger partial charge < -0.3 is 9.64 Å². The first-order valence-electron chi connectivity index (χ1n) is 10.5. The lowest BCUT2D eigenvalue weighted by Gasteiger charge is -2.27. The second-order valence-electron chi connectivity index (χ2n) is 7.91. The minimum atomic E-state index is -0.615. The maximum absolute atomic E-state index is 13.6. The second-order valence-corrected chi connectivity index (χ2v) is 7.91. The molecule has 170 valence electrons. The van der Waals surface area contributed by atoms with E-state index in [1.54, 1.807) is 18.5 Å². The molecule has 0 unspecified atom stereocenters. The van der Waals surface area contributed by atoms with Crippen LogP contribution in [-0.2, 0) is 6.54 Å². The quantitative estimate of drug-likeness (QED) is 0.555. The third-order valence-electron chi connectivity index (χ3n) is 4.94. The zero-order valence-corrected chi connectivity index (χ0v) is 18.5. The lowest BCUT2D eigenvalue weighted by molar-refractivity contribution is 0.260. The Hall–Kier alpha value is -3.78. The van der Waals surface area contributed by atoms with Crippen molar-refractivity contribution in [3.05, 3.63) is 96.0 Å². The second kappa shape index (κ2) is 10.2. The predicted molar refractivity (Wildman–Crippen MR) is 124 cm³/mol. The van der Waals surface area contributed by atoms with Crippen LogP contribution in [0.1, 0.15) is 11.1 Å². The summed E-state index contributed by atoms with van der Waals surface area (Å²) >= 11 is 0. The Morgan fingerprint density at radius 1 is 1.00 bits per heavy atom. The first kappa shape index (κ1) is 22.4. The summed E-state index contributed by atoms with van der Waals surface area (Å²) in [6.45, 7) is 1.92. The summed E-state index contributed by atoms with van der Waals surface area (Å²) in [5.74, 6) is 0.00790. The number of aromatic nitrogens is 2. The maximum Gasteiger partial charge on any atom is 0.159 e. The van der Waals surface area contributed by atoms with Gasteiger partial charge in [-0.15, -0.1) is 0 Å². The molecule has 33 heavy (non-hydrogen) atoms. The van der Waals surface area contributed by atoms with Gasteiger partial charge in [0.15, 0.2) is 11.6 Å². The van der Waals surface area contributed by atoms with Crippen LogP contribution in [0.15, 0.2) is 73.2 Å². The van der Waals surface area contributed by atoms with Gasteiger partial charge in [-0.3, -0.25) is 10.4 Å². The summed E-state index contributed by atoms with van der Waals surface area (Å²) < 4.78 is 32.9. The minimum Gasteiger partial charge on any atom is -0.489 e. The van der Waals surface area contributed by atoms with Crippen molar-refractivity contribution in [1.82, 2.24) is 25.3 Å². The number of likely N-dealkylation sites (N-methyl/N-ethyl adjacent to an activating group) is 1. The molecule has 0 spiro atoms. The molecule has 2 heterocycles. The van der Waals surface area contributed by atoms with Gasteiger partial charge in [0.05, 0.1) is 24.6 Å². The van der Waals surface area contributed by atoms with Crippen molar-refractivity contribution in [2.75, 3.05) is 27.2 Å². The monoisotopic (exact) mass is 449 g/mol. The van der Waals surface area contributed by atoms with Crippen LogP contribution in [0, 0.1) is 11.6 Å². The first-order valence-corrected chi connectivity index (χ1v) is 10.5. The van der Waals surface area contributed by atoms with Crippen LogP contribution in [-0.4, -0.2) is 47.1 Å². The fourth-order valence-corrected chi connectivity index (χ4v) is 3.33. The number of allylic oxidation sites excluding steroid dienone is 2. The number of hydrogen-bond acceptors (Lipinski definition) is 6. The molecule has 1 aliphatic heterocycles. The average Bonchev–Trinajstić information content (AvgIpc) is 2.79. The number of halogens is 2. The van der Waals surface area contributed by atoms with E-state index in [4.69, 9.17) is 4.74 Å². The van der Waals surface area contributed by atoms with Gasteiger partial charge in [0.1, 0.15) is 18.2 Å². The van der Waals surface area contributed by atoms with Crippen LogP contribution < -0.4 is 10.2 Å². The fourth-order valence-electron chi connectivity index (χ4n) is 3.33. The van der Waals surface area contributed by atoms with Crippen molar-refractivity contribution in [2.45, 2.75) is 6.54 Å². The third-order valence-corrected chi connectivity index (χ3v) is 4.94. The molecule has 1 aromatic heterocycles. The Morgan fingerprint density at radius 2 is 1.76 bits per heavy atom. The summed E-state index contributed by atoms with van der Waals surface area (Å²) in [5, 5.41) is 1.85. The molecule has 0 saturated carbocycles. The highest BCUT2D eigenvalue weighted by Crippen LogP contribution is 2.21. The molecule has 8 heteroatoms. The molecule has 6 nitrogen and oxygen atoms in total. The number of nitrogens with zero attached hydrogens (tertiary/aromatic N) is 4. The normalized spacial score (nSPS) is 13.1. The number of hydrazine groups is 1. The highest BCUT2D eigenvalue weighted by molar-refractivity contribution is 5.66. The average molecular weight is 450 g/mol. The molecular weight excluding hydrogens is 424 g/mol. The van der Waals surface area contributed by atoms with E-state index < -0.39 is 11.6 Å². The molecule has 2 aromatic carbocycles. The largest absolute Gasteiger partial charge is 0.489 e. The van der Waals surface area contributed by atoms with Crippen molar-refractivity contribution in [2.24, 2.45) is 0 Å². The van der Waals surface area contributed by atoms with Crippen LogP contribution in [0.25, 0.3) is 17.1 Å². The minimum absolute atomic E-state index is 0.442. The summed E-state index contributed by atoms with van der Waals surface area (Å²) in [6.07, 6.45) is 8.82. The molecule has 0 saturated heterocycles. The van der Waals surface area contributed by atoms with Crippen LogP contribution in [0.3, 0.4) is 0 Å². The molecule has 0 atom stereocenters. The lowest BCUT2D eigenvalue weighted by Crippen LogP contribution is -2.33. The van der Waals surface area contributed by atoms with Crippen LogP contribution in [0.5, 0.6) is 5.75 Å². The molecule has 1 N–H and O–H groups in total. The van der Waals surface area contributed by atoms with E-state index in [1.165, 1.54) is 12.1 Å². The number of nitrogens with one attached hydrogen (secondary N) is 1. The smallest absolute Gasteiger partial charge is 0.159 e. The van der Waals surface area contributed by atoms with Crippen molar-refractivity contribution in [3.63, 3.8) is 0 Å². The summed E-state index contributed by atoms with van der Waals surface area (Å²) in [5.41, 5.74) is 6.15. The van der Waals surface area contributed by atoms with Crippen molar-refractivity contribution >= 4 is 5.70 Å². The highest BCUT2D eigenvalue weighted by atomic mass is 19.1. The van der Waals surface area contributed by atoms with E-state index in [0.29, 0.717) is 36.0 Å². The van der Waals surface area contributed by atoms with E-state index in [0.717, 1.165) is 23.7 Å². The van der Waals surface area contributed by atoms with E-state index in [1.807, 2.05) is 60.5 Å². The van der Waals surface area contributed by atoms with Gasteiger partial charge >= 0.3 is 0 Å². The topological polar surface area (TPSA) is 53.5 Å². The fraction of sp³-hybridized carbons (Fsp3) is 0.200. The van der Waals surface area contributed by atoms with Crippen LogP contribution in [0.2, 0.25) is 0 Å². The van der Waals surface area contributed by atoms with Gasteiger partial charge in [0.2, 0.25) is 0 Å². The Morgan fingerprint density at radius 3 is 2.48 bits per heavy atom. The van der Waals surface area contributed by atoms with Gasteiger partial charge in [-0.1, -0.05) is 18.2 Å². The molecule has 0 bridgehead atoms.